The maximum absolute atomic E-state index is 11.7. The Morgan fingerprint density at radius 1 is 0.358 bits per heavy atom. The molecule has 53 heavy (non-hydrogen) atoms. The van der Waals surface area contributed by atoms with Gasteiger partial charge in [0.2, 0.25) is 0 Å². The second kappa shape index (κ2) is 44.0. The van der Waals surface area contributed by atoms with E-state index in [0.717, 1.165) is 25.7 Å². The van der Waals surface area contributed by atoms with Gasteiger partial charge in [0, 0.05) is 0 Å². The summed E-state index contributed by atoms with van der Waals surface area (Å²) in [6.07, 6.45) is 43.0. The van der Waals surface area contributed by atoms with Crippen molar-refractivity contribution in [2.45, 2.75) is 238 Å². The van der Waals surface area contributed by atoms with Crippen molar-refractivity contribution >= 4 is 27.1 Å². The smallest absolute Gasteiger partial charge is 0.334 e. The first-order valence-electron chi connectivity index (χ1n) is 21.8. The number of hydrogen-bond donors (Lipinski definition) is 8. The normalized spacial score (nSPS) is 12.0. The van der Waals surface area contributed by atoms with Gasteiger partial charge in [0.25, 0.3) is 0 Å². The second-order valence-corrected chi connectivity index (χ2v) is 17.1. The van der Waals surface area contributed by atoms with Gasteiger partial charge in [0.05, 0.1) is 30.8 Å². The van der Waals surface area contributed by atoms with E-state index in [9.17, 15) is 20.4 Å². The van der Waals surface area contributed by atoms with Gasteiger partial charge in [-0.05, 0) is 12.8 Å². The Bertz CT molecular complexity index is 639. The van der Waals surface area contributed by atoms with Crippen LogP contribution in [0.1, 0.15) is 232 Å². The zero-order chi connectivity index (χ0) is 39.0. The van der Waals surface area contributed by atoms with Crippen molar-refractivity contribution < 1.29 is 44.3 Å². The first-order chi connectivity index (χ1) is 25.2. The van der Waals surface area contributed by atoms with E-state index in [-0.39, 0.29) is 29.7 Å². The molecule has 12 heteroatoms. The van der Waals surface area contributed by atoms with Crippen molar-refractivity contribution in [1.29, 1.82) is 0 Å². The number of hydrogen-bond acceptors (Lipinski definition) is 9. The van der Waals surface area contributed by atoms with Crippen LogP contribution in [0.5, 0.6) is 0 Å². The van der Waals surface area contributed by atoms with Crippen LogP contribution in [0.25, 0.3) is 0 Å². The summed E-state index contributed by atoms with van der Waals surface area (Å²) in [6.45, 7) is 3.42. The lowest BCUT2D eigenvalue weighted by Crippen LogP contribution is -2.55. The third kappa shape index (κ3) is 37.0. The number of rotatable bonds is 40. The standard InChI is InChI=1S/C41H84O4.H4O5P2.H3P/c1-3-5-7-9-11-13-15-17-19-21-23-25-27-29-31-33-35-41(45,40(37-42,38-43)39-44)36-34-32-30-28-26-24-22-20-18-16-14-12-10-8-6-4-2;1-6(2)5-7(3)4;/h42-45H,3-39H2,1-2H3;1-4H;1H3. The zero-order valence-corrected chi connectivity index (χ0v) is 38.0. The molecular formula is C41H91O9P3. The Kier molecular flexibility index (Phi) is 48.4. The van der Waals surface area contributed by atoms with Crippen LogP contribution in [0.3, 0.4) is 0 Å². The maximum atomic E-state index is 11.7. The third-order valence-corrected chi connectivity index (χ3v) is 12.1. The van der Waals surface area contributed by atoms with Crippen molar-refractivity contribution in [3.05, 3.63) is 0 Å². The lowest BCUT2D eigenvalue weighted by atomic mass is 9.68. The average Bonchev–Trinajstić information content (AvgIpc) is 3.12. The maximum Gasteiger partial charge on any atom is 0.334 e. The van der Waals surface area contributed by atoms with Crippen LogP contribution >= 0.6 is 27.1 Å². The summed E-state index contributed by atoms with van der Waals surface area (Å²) < 4.78 is 3.60. The predicted octanol–water partition coefficient (Wildman–Crippen LogP) is 11.5. The Hall–Kier alpha value is 0.930. The quantitative estimate of drug-likeness (QED) is 0.0221. The van der Waals surface area contributed by atoms with Gasteiger partial charge in [0.15, 0.2) is 0 Å². The molecule has 0 fully saturated rings. The van der Waals surface area contributed by atoms with Crippen LogP contribution in [0.2, 0.25) is 0 Å². The fourth-order valence-corrected chi connectivity index (χ4v) is 7.77. The molecule has 0 aromatic rings. The number of aliphatic hydroxyl groups excluding tert-OH is 3. The molecule has 324 valence electrons. The van der Waals surface area contributed by atoms with Gasteiger partial charge in [0.1, 0.15) is 0 Å². The lowest BCUT2D eigenvalue weighted by Gasteiger charge is -2.44. The van der Waals surface area contributed by atoms with E-state index in [1.54, 1.807) is 0 Å². The topological polar surface area (TPSA) is 171 Å². The Morgan fingerprint density at radius 2 is 0.547 bits per heavy atom. The molecule has 0 aliphatic rings. The van der Waals surface area contributed by atoms with Crippen LogP contribution in [-0.2, 0) is 4.31 Å². The molecule has 1 atom stereocenters. The molecule has 0 radical (unpaired) electrons. The van der Waals surface area contributed by atoms with E-state index < -0.39 is 28.2 Å². The summed E-state index contributed by atoms with van der Waals surface area (Å²) in [4.78, 5) is 31.3. The third-order valence-electron chi connectivity index (χ3n) is 10.9. The van der Waals surface area contributed by atoms with Crippen LogP contribution in [0.15, 0.2) is 0 Å². The van der Waals surface area contributed by atoms with E-state index in [1.807, 2.05) is 0 Å². The average molecular weight is 821 g/mol. The van der Waals surface area contributed by atoms with Gasteiger partial charge in [-0.2, -0.15) is 9.90 Å². The highest BCUT2D eigenvalue weighted by Gasteiger charge is 2.48. The van der Waals surface area contributed by atoms with Crippen LogP contribution in [0.4, 0.5) is 0 Å². The molecule has 0 heterocycles. The van der Waals surface area contributed by atoms with Crippen LogP contribution in [0, 0.1) is 5.41 Å². The van der Waals surface area contributed by atoms with Gasteiger partial charge in [-0.3, -0.25) is 0 Å². The lowest BCUT2D eigenvalue weighted by molar-refractivity contribution is -0.162. The molecule has 0 rings (SSSR count). The first-order valence-corrected chi connectivity index (χ1v) is 24.1. The van der Waals surface area contributed by atoms with Gasteiger partial charge in [-0.1, -0.05) is 219 Å². The molecule has 0 saturated carbocycles. The molecular weight excluding hydrogens is 729 g/mol. The fraction of sp³-hybridized carbons (Fsp3) is 1.00. The van der Waals surface area contributed by atoms with Crippen LogP contribution < -0.4 is 0 Å². The molecule has 0 aliphatic heterocycles. The SMILES string of the molecule is CCCCCCCCCCCCCCCCCCC(O)(CCCCCCCCCCCCCCCCCC)C(CO)(CO)CO.OP(O)OP(O)O.P. The van der Waals surface area contributed by atoms with Crippen molar-refractivity contribution in [2.24, 2.45) is 5.41 Å². The molecule has 8 N–H and O–H groups in total. The Morgan fingerprint density at radius 3 is 0.698 bits per heavy atom. The van der Waals surface area contributed by atoms with Gasteiger partial charge in [-0.25, -0.2) is 4.31 Å². The highest BCUT2D eigenvalue weighted by atomic mass is 31.2. The van der Waals surface area contributed by atoms with Gasteiger partial charge >= 0.3 is 17.2 Å². The van der Waals surface area contributed by atoms with E-state index in [1.165, 1.54) is 180 Å². The minimum Gasteiger partial charge on any atom is -0.395 e. The first kappa shape index (κ1) is 58.2. The van der Waals surface area contributed by atoms with Gasteiger partial charge < -0.3 is 40.0 Å². The van der Waals surface area contributed by atoms with Crippen molar-refractivity contribution in [2.75, 3.05) is 19.8 Å². The molecule has 9 nitrogen and oxygen atoms in total. The predicted molar refractivity (Wildman–Crippen MR) is 232 cm³/mol. The Labute approximate surface area is 333 Å². The molecule has 0 amide bonds. The summed E-state index contributed by atoms with van der Waals surface area (Å²) in [5, 5.41) is 42.0. The highest BCUT2D eigenvalue weighted by Crippen LogP contribution is 2.42. The molecule has 0 spiro atoms. The summed E-state index contributed by atoms with van der Waals surface area (Å²) in [5.41, 5.74) is -2.44. The fourth-order valence-electron chi connectivity index (χ4n) is 7.24. The summed E-state index contributed by atoms with van der Waals surface area (Å²) >= 11 is 0. The minimum absolute atomic E-state index is 0. The van der Waals surface area contributed by atoms with Crippen molar-refractivity contribution in [1.82, 2.24) is 0 Å². The van der Waals surface area contributed by atoms with E-state index in [0.29, 0.717) is 12.8 Å². The molecule has 1 unspecified atom stereocenters. The molecule has 0 aromatic heterocycles. The largest absolute Gasteiger partial charge is 0.395 e. The number of unbranched alkanes of at least 4 members (excludes halogenated alkanes) is 30. The summed E-state index contributed by atoms with van der Waals surface area (Å²) in [7, 11) is -5.22. The number of aliphatic hydroxyl groups is 4. The Balaban J connectivity index is -0.00000282. The van der Waals surface area contributed by atoms with E-state index in [4.69, 9.17) is 19.6 Å². The zero-order valence-electron chi connectivity index (χ0n) is 34.8. The second-order valence-electron chi connectivity index (χ2n) is 15.5. The van der Waals surface area contributed by atoms with Crippen molar-refractivity contribution in [3.8, 4) is 0 Å². The van der Waals surface area contributed by atoms with Gasteiger partial charge in [-0.15, -0.1) is 0 Å². The molecule has 0 saturated heterocycles. The summed E-state index contributed by atoms with van der Waals surface area (Å²) in [5.74, 6) is 0. The minimum atomic E-state index is -2.61. The summed E-state index contributed by atoms with van der Waals surface area (Å²) in [6, 6.07) is 0. The van der Waals surface area contributed by atoms with E-state index in [2.05, 4.69) is 18.2 Å². The molecule has 0 aliphatic carbocycles. The monoisotopic (exact) mass is 821 g/mol. The van der Waals surface area contributed by atoms with Crippen LogP contribution in [-0.4, -0.2) is 65.4 Å². The van der Waals surface area contributed by atoms with E-state index >= 15 is 0 Å². The molecule has 0 aromatic carbocycles. The highest BCUT2D eigenvalue weighted by molar-refractivity contribution is 7.53. The van der Waals surface area contributed by atoms with Crippen molar-refractivity contribution in [3.63, 3.8) is 0 Å². The molecule has 0 bridgehead atoms.